The molecule has 1 unspecified atom stereocenters. The Morgan fingerprint density at radius 1 is 1.07 bits per heavy atom. The Morgan fingerprint density at radius 3 is 2.48 bits per heavy atom. The van der Waals surface area contributed by atoms with Gasteiger partial charge in [0.15, 0.2) is 0 Å². The van der Waals surface area contributed by atoms with Crippen LogP contribution < -0.4 is 0 Å². The average molecular weight is 391 g/mol. The van der Waals surface area contributed by atoms with Crippen molar-refractivity contribution in [2.75, 3.05) is 26.7 Å². The third kappa shape index (κ3) is 7.33. The van der Waals surface area contributed by atoms with Crippen molar-refractivity contribution in [2.45, 2.75) is 51.3 Å². The zero-order valence-corrected chi connectivity index (χ0v) is 18.1. The molecule has 3 rings (SSSR count). The van der Waals surface area contributed by atoms with E-state index in [0.29, 0.717) is 6.04 Å². The monoisotopic (exact) mass is 390 g/mol. The van der Waals surface area contributed by atoms with Crippen LogP contribution in [0.1, 0.15) is 43.4 Å². The van der Waals surface area contributed by atoms with Crippen LogP contribution >= 0.6 is 0 Å². The molecule has 1 heterocycles. The fraction of sp³-hybridized carbons (Fsp3) is 0.462. The van der Waals surface area contributed by atoms with Crippen molar-refractivity contribution in [2.24, 2.45) is 0 Å². The van der Waals surface area contributed by atoms with Crippen LogP contribution in [0.15, 0.2) is 54.6 Å². The molecule has 0 saturated carbocycles. The van der Waals surface area contributed by atoms with Gasteiger partial charge in [-0.3, -0.25) is 4.90 Å². The van der Waals surface area contributed by atoms with E-state index in [0.717, 1.165) is 31.6 Å². The molecule has 1 aliphatic rings. The van der Waals surface area contributed by atoms with E-state index in [1.807, 2.05) is 0 Å². The highest BCUT2D eigenvalue weighted by Crippen LogP contribution is 2.18. The van der Waals surface area contributed by atoms with Crippen molar-refractivity contribution >= 4 is 0 Å². The second-order valence-corrected chi connectivity index (χ2v) is 8.75. The summed E-state index contributed by atoms with van der Waals surface area (Å²) in [5.41, 5.74) is 2.74. The number of rotatable bonds is 6. The smallest absolute Gasteiger partial charge is 0.120 e. The number of benzene rings is 2. The highest BCUT2D eigenvalue weighted by molar-refractivity contribution is 5.37. The molecule has 0 radical (unpaired) electrons. The Kier molecular flexibility index (Phi) is 7.50. The van der Waals surface area contributed by atoms with E-state index in [9.17, 15) is 5.11 Å². The molecule has 3 heteroatoms. The predicted octanol–water partition coefficient (Wildman–Crippen LogP) is 3.95. The van der Waals surface area contributed by atoms with E-state index in [4.69, 9.17) is 0 Å². The first-order valence-corrected chi connectivity index (χ1v) is 10.7. The maximum Gasteiger partial charge on any atom is 0.120 e. The van der Waals surface area contributed by atoms with E-state index >= 15 is 0 Å². The molecule has 1 fully saturated rings. The Bertz CT molecular complexity index is 812. The molecule has 1 N–H and O–H groups in total. The second kappa shape index (κ2) is 10.1. The van der Waals surface area contributed by atoms with Crippen molar-refractivity contribution in [1.29, 1.82) is 0 Å². The number of nitrogens with zero attached hydrogens (tertiary/aromatic N) is 2. The lowest BCUT2D eigenvalue weighted by Crippen LogP contribution is -2.46. The highest BCUT2D eigenvalue weighted by Gasteiger charge is 2.23. The molecule has 29 heavy (non-hydrogen) atoms. The summed E-state index contributed by atoms with van der Waals surface area (Å²) in [6, 6.07) is 19.8. The average Bonchev–Trinajstić information content (AvgIpc) is 2.72. The molecule has 1 atom stereocenters. The van der Waals surface area contributed by atoms with E-state index < -0.39 is 5.60 Å². The Morgan fingerprint density at radius 2 is 1.79 bits per heavy atom. The molecule has 0 bridgehead atoms. The summed E-state index contributed by atoms with van der Waals surface area (Å²) in [6.45, 7) is 7.81. The minimum absolute atomic E-state index is 0.629. The van der Waals surface area contributed by atoms with E-state index in [2.05, 4.69) is 83.3 Å². The van der Waals surface area contributed by atoms with Crippen LogP contribution in [0.3, 0.4) is 0 Å². The van der Waals surface area contributed by atoms with E-state index in [1.165, 1.54) is 30.5 Å². The van der Waals surface area contributed by atoms with Crippen molar-refractivity contribution in [1.82, 2.24) is 9.80 Å². The van der Waals surface area contributed by atoms with Gasteiger partial charge in [0.05, 0.1) is 0 Å². The number of hydrogen-bond acceptors (Lipinski definition) is 3. The van der Waals surface area contributed by atoms with Crippen LogP contribution in [-0.2, 0) is 13.0 Å². The topological polar surface area (TPSA) is 26.7 Å². The van der Waals surface area contributed by atoms with Gasteiger partial charge in [-0.1, -0.05) is 54.3 Å². The normalized spacial score (nSPS) is 17.8. The SMILES string of the molecule is CN(CCc1ccccc1)C1CCCN(Cc2ccc(C#CC(C)(C)O)cc2)C1. The summed E-state index contributed by atoms with van der Waals surface area (Å²) >= 11 is 0. The van der Waals surface area contributed by atoms with Crippen molar-refractivity contribution in [3.8, 4) is 11.8 Å². The Hall–Kier alpha value is -2.12. The zero-order chi connectivity index (χ0) is 20.7. The number of hydrogen-bond donors (Lipinski definition) is 1. The predicted molar refractivity (Wildman–Crippen MR) is 121 cm³/mol. The van der Waals surface area contributed by atoms with Gasteiger partial charge in [-0.2, -0.15) is 0 Å². The van der Waals surface area contributed by atoms with Gasteiger partial charge in [0.1, 0.15) is 5.60 Å². The van der Waals surface area contributed by atoms with Crippen LogP contribution in [0.5, 0.6) is 0 Å². The molecule has 0 aliphatic carbocycles. The van der Waals surface area contributed by atoms with E-state index in [1.54, 1.807) is 13.8 Å². The lowest BCUT2D eigenvalue weighted by Gasteiger charge is -2.37. The Labute approximate surface area is 176 Å². The molecule has 3 nitrogen and oxygen atoms in total. The highest BCUT2D eigenvalue weighted by atomic mass is 16.3. The third-order valence-electron chi connectivity index (χ3n) is 5.57. The first-order valence-electron chi connectivity index (χ1n) is 10.7. The van der Waals surface area contributed by atoms with E-state index in [-0.39, 0.29) is 0 Å². The lowest BCUT2D eigenvalue weighted by atomic mass is 10.0. The van der Waals surface area contributed by atoms with Gasteiger partial charge < -0.3 is 10.0 Å². The second-order valence-electron chi connectivity index (χ2n) is 8.75. The van der Waals surface area contributed by atoms with Gasteiger partial charge in [0.2, 0.25) is 0 Å². The van der Waals surface area contributed by atoms with Gasteiger partial charge in [0, 0.05) is 31.2 Å². The van der Waals surface area contributed by atoms with Crippen molar-refractivity contribution in [3.63, 3.8) is 0 Å². The standard InChI is InChI=1S/C26H34N2O/c1-26(2,29)17-15-23-11-13-24(14-12-23)20-28-18-7-10-25(21-28)27(3)19-16-22-8-5-4-6-9-22/h4-6,8-9,11-14,25,29H,7,10,16,18-21H2,1-3H3. The van der Waals surface area contributed by atoms with Gasteiger partial charge in [-0.25, -0.2) is 0 Å². The fourth-order valence-corrected chi connectivity index (χ4v) is 3.84. The van der Waals surface area contributed by atoms with Gasteiger partial charge >= 0.3 is 0 Å². The molecule has 154 valence electrons. The third-order valence-corrected chi connectivity index (χ3v) is 5.57. The number of likely N-dealkylation sites (N-methyl/N-ethyl adjacent to an activating group) is 1. The molecule has 1 saturated heterocycles. The molecular weight excluding hydrogens is 356 g/mol. The minimum atomic E-state index is -0.950. The summed E-state index contributed by atoms with van der Waals surface area (Å²) in [5, 5.41) is 9.74. The van der Waals surface area contributed by atoms with Gasteiger partial charge in [-0.15, -0.1) is 0 Å². The van der Waals surface area contributed by atoms with Crippen LogP contribution in [0.2, 0.25) is 0 Å². The fourth-order valence-electron chi connectivity index (χ4n) is 3.84. The molecule has 0 amide bonds. The number of piperidine rings is 1. The summed E-state index contributed by atoms with van der Waals surface area (Å²) in [5.74, 6) is 5.92. The molecule has 0 aromatic heterocycles. The quantitative estimate of drug-likeness (QED) is 0.757. The minimum Gasteiger partial charge on any atom is -0.378 e. The molecule has 0 spiro atoms. The van der Waals surface area contributed by atoms with Gasteiger partial charge in [-0.05, 0) is 70.0 Å². The van der Waals surface area contributed by atoms with Crippen molar-refractivity contribution in [3.05, 3.63) is 71.3 Å². The van der Waals surface area contributed by atoms with Crippen LogP contribution in [0.25, 0.3) is 0 Å². The van der Waals surface area contributed by atoms with Crippen molar-refractivity contribution < 1.29 is 5.11 Å². The molecule has 2 aromatic carbocycles. The lowest BCUT2D eigenvalue weighted by molar-refractivity contribution is 0.112. The summed E-state index contributed by atoms with van der Waals surface area (Å²) in [6.07, 6.45) is 3.66. The van der Waals surface area contributed by atoms with Crippen LogP contribution in [0.4, 0.5) is 0 Å². The zero-order valence-electron chi connectivity index (χ0n) is 18.1. The van der Waals surface area contributed by atoms with Gasteiger partial charge in [0.25, 0.3) is 0 Å². The maximum absolute atomic E-state index is 9.74. The first-order chi connectivity index (χ1) is 13.9. The largest absolute Gasteiger partial charge is 0.378 e. The summed E-state index contributed by atoms with van der Waals surface area (Å²) in [4.78, 5) is 5.11. The molecule has 1 aliphatic heterocycles. The first kappa shape index (κ1) is 21.6. The number of likely N-dealkylation sites (tertiary alicyclic amines) is 1. The number of aliphatic hydroxyl groups is 1. The molecule has 2 aromatic rings. The maximum atomic E-state index is 9.74. The molecular formula is C26H34N2O. The van der Waals surface area contributed by atoms with Crippen LogP contribution in [-0.4, -0.2) is 53.2 Å². The Balaban J connectivity index is 1.50. The van der Waals surface area contributed by atoms with Crippen LogP contribution in [0, 0.1) is 11.8 Å². The summed E-state index contributed by atoms with van der Waals surface area (Å²) < 4.78 is 0. The summed E-state index contributed by atoms with van der Waals surface area (Å²) in [7, 11) is 2.27.